The number of nitrogens with one attached hydrogen (secondary N) is 1. The van der Waals surface area contributed by atoms with Crippen LogP contribution in [0.1, 0.15) is 27.6 Å². The number of phenolic OH excluding ortho intramolecular Hbond substituents is 2. The van der Waals surface area contributed by atoms with Crippen LogP contribution >= 0.6 is 11.3 Å². The third-order valence-electron chi connectivity index (χ3n) is 3.45. The number of aryl methyl sites for hydroxylation is 1. The zero-order valence-corrected chi connectivity index (χ0v) is 10.9. The molecule has 0 bridgehead atoms. The van der Waals surface area contributed by atoms with Crippen LogP contribution in [0.4, 0.5) is 0 Å². The van der Waals surface area contributed by atoms with E-state index in [4.69, 9.17) is 0 Å². The molecule has 3 rings (SSSR count). The predicted molar refractivity (Wildman–Crippen MR) is 72.4 cm³/mol. The Balaban J connectivity index is 2.12. The molecule has 0 saturated heterocycles. The number of benzene rings is 1. The first-order valence-corrected chi connectivity index (χ1v) is 6.87. The van der Waals surface area contributed by atoms with Crippen molar-refractivity contribution in [1.82, 2.24) is 5.32 Å². The van der Waals surface area contributed by atoms with Crippen LogP contribution in [-0.2, 0) is 6.42 Å². The SMILES string of the molecule is Cc1ccsc1[C@@H]1NCCc2cc(O)c(O)cc21. The Kier molecular flexibility index (Phi) is 2.76. The van der Waals surface area contributed by atoms with Crippen LogP contribution in [0.3, 0.4) is 0 Å². The van der Waals surface area contributed by atoms with Gasteiger partial charge in [-0.05, 0) is 53.6 Å². The molecule has 94 valence electrons. The molecule has 1 aliphatic rings. The zero-order chi connectivity index (χ0) is 12.7. The molecule has 18 heavy (non-hydrogen) atoms. The van der Waals surface area contributed by atoms with Gasteiger partial charge in [0.2, 0.25) is 0 Å². The van der Waals surface area contributed by atoms with E-state index in [-0.39, 0.29) is 17.5 Å². The van der Waals surface area contributed by atoms with Crippen LogP contribution in [-0.4, -0.2) is 16.8 Å². The van der Waals surface area contributed by atoms with Gasteiger partial charge in [0.25, 0.3) is 0 Å². The third-order valence-corrected chi connectivity index (χ3v) is 4.54. The second-order valence-corrected chi connectivity index (χ2v) is 5.59. The summed E-state index contributed by atoms with van der Waals surface area (Å²) in [4.78, 5) is 1.28. The maximum Gasteiger partial charge on any atom is 0.157 e. The standard InChI is InChI=1S/C14H15NO2S/c1-8-3-5-18-14(8)13-10-7-12(17)11(16)6-9(10)2-4-15-13/h3,5-7,13,15-17H,2,4H2,1H3/t13-/m1/s1. The summed E-state index contributed by atoms with van der Waals surface area (Å²) in [6.07, 6.45) is 0.879. The Hall–Kier alpha value is -1.52. The average molecular weight is 261 g/mol. The molecule has 1 aliphatic heterocycles. The number of rotatable bonds is 1. The molecule has 4 heteroatoms. The first-order chi connectivity index (χ1) is 8.66. The van der Waals surface area contributed by atoms with Crippen molar-refractivity contribution in [1.29, 1.82) is 0 Å². The number of fused-ring (bicyclic) bond motifs is 1. The Morgan fingerprint density at radius 1 is 1.28 bits per heavy atom. The maximum absolute atomic E-state index is 9.69. The lowest BCUT2D eigenvalue weighted by molar-refractivity contribution is 0.400. The second kappa shape index (κ2) is 4.30. The van der Waals surface area contributed by atoms with Gasteiger partial charge in [-0.25, -0.2) is 0 Å². The maximum atomic E-state index is 9.69. The van der Waals surface area contributed by atoms with E-state index in [1.807, 2.05) is 0 Å². The van der Waals surface area contributed by atoms with Gasteiger partial charge in [-0.2, -0.15) is 0 Å². The summed E-state index contributed by atoms with van der Waals surface area (Å²) in [7, 11) is 0. The molecule has 0 unspecified atom stereocenters. The topological polar surface area (TPSA) is 52.5 Å². The summed E-state index contributed by atoms with van der Waals surface area (Å²) >= 11 is 1.72. The van der Waals surface area contributed by atoms with Crippen LogP contribution in [0.5, 0.6) is 11.5 Å². The molecule has 3 N–H and O–H groups in total. The Morgan fingerprint density at radius 3 is 2.78 bits per heavy atom. The molecule has 0 saturated carbocycles. The minimum Gasteiger partial charge on any atom is -0.504 e. The van der Waals surface area contributed by atoms with Gasteiger partial charge in [0, 0.05) is 11.4 Å². The third kappa shape index (κ3) is 1.78. The summed E-state index contributed by atoms with van der Waals surface area (Å²) in [6.45, 7) is 2.99. The molecule has 1 atom stereocenters. The van der Waals surface area contributed by atoms with Crippen LogP contribution in [0.15, 0.2) is 23.6 Å². The lowest BCUT2D eigenvalue weighted by atomic mass is 9.92. The highest BCUT2D eigenvalue weighted by Gasteiger charge is 2.24. The van der Waals surface area contributed by atoms with Crippen molar-refractivity contribution in [2.45, 2.75) is 19.4 Å². The molecule has 2 heterocycles. The van der Waals surface area contributed by atoms with Gasteiger partial charge in [-0.3, -0.25) is 0 Å². The van der Waals surface area contributed by atoms with E-state index >= 15 is 0 Å². The Labute approximate surface area is 110 Å². The lowest BCUT2D eigenvalue weighted by Gasteiger charge is -2.27. The van der Waals surface area contributed by atoms with Gasteiger partial charge in [0.1, 0.15) is 0 Å². The van der Waals surface area contributed by atoms with E-state index in [9.17, 15) is 10.2 Å². The van der Waals surface area contributed by atoms with Crippen LogP contribution < -0.4 is 5.32 Å². The molecule has 0 radical (unpaired) electrons. The molecule has 2 aromatic rings. The molecule has 0 fully saturated rings. The smallest absolute Gasteiger partial charge is 0.157 e. The van der Waals surface area contributed by atoms with E-state index < -0.39 is 0 Å². The van der Waals surface area contributed by atoms with E-state index in [0.717, 1.165) is 24.1 Å². The van der Waals surface area contributed by atoms with Crippen molar-refractivity contribution in [2.24, 2.45) is 0 Å². The van der Waals surface area contributed by atoms with E-state index in [0.29, 0.717) is 0 Å². The molecular formula is C14H15NO2S. The minimum atomic E-state index is -0.0448. The van der Waals surface area contributed by atoms with Gasteiger partial charge >= 0.3 is 0 Å². The van der Waals surface area contributed by atoms with Crippen LogP contribution in [0, 0.1) is 6.92 Å². The molecule has 0 aliphatic carbocycles. The monoisotopic (exact) mass is 261 g/mol. The van der Waals surface area contributed by atoms with Crippen molar-refractivity contribution in [3.05, 3.63) is 45.1 Å². The van der Waals surface area contributed by atoms with Crippen molar-refractivity contribution >= 4 is 11.3 Å². The van der Waals surface area contributed by atoms with Gasteiger partial charge < -0.3 is 15.5 Å². The first kappa shape index (κ1) is 11.6. The highest BCUT2D eigenvalue weighted by molar-refractivity contribution is 7.10. The average Bonchev–Trinajstić information content (AvgIpc) is 2.76. The molecule has 0 amide bonds. The highest BCUT2D eigenvalue weighted by atomic mass is 32.1. The quantitative estimate of drug-likeness (QED) is 0.692. The van der Waals surface area contributed by atoms with E-state index in [1.165, 1.54) is 10.4 Å². The predicted octanol–water partition coefficient (Wildman–Crippen LogP) is 2.70. The number of phenols is 2. The van der Waals surface area contributed by atoms with Crippen LogP contribution in [0.25, 0.3) is 0 Å². The number of aromatic hydroxyl groups is 2. The molecular weight excluding hydrogens is 246 g/mol. The summed E-state index contributed by atoms with van der Waals surface area (Å²) in [5.74, 6) is -0.0750. The fraction of sp³-hybridized carbons (Fsp3) is 0.286. The Bertz CT molecular complexity index is 591. The van der Waals surface area contributed by atoms with Gasteiger partial charge in [-0.1, -0.05) is 0 Å². The van der Waals surface area contributed by atoms with E-state index in [2.05, 4.69) is 23.7 Å². The van der Waals surface area contributed by atoms with Crippen molar-refractivity contribution < 1.29 is 10.2 Å². The molecule has 3 nitrogen and oxygen atoms in total. The molecule has 1 aromatic carbocycles. The van der Waals surface area contributed by atoms with Crippen molar-refractivity contribution in [2.75, 3.05) is 6.54 Å². The second-order valence-electron chi connectivity index (χ2n) is 4.64. The summed E-state index contributed by atoms with van der Waals surface area (Å²) in [5, 5.41) is 24.8. The fourth-order valence-corrected chi connectivity index (χ4v) is 3.52. The van der Waals surface area contributed by atoms with Gasteiger partial charge in [0.15, 0.2) is 11.5 Å². The minimum absolute atomic E-state index is 0.0303. The largest absolute Gasteiger partial charge is 0.504 e. The summed E-state index contributed by atoms with van der Waals surface area (Å²) < 4.78 is 0. The molecule has 1 aromatic heterocycles. The number of thiophene rings is 1. The van der Waals surface area contributed by atoms with Gasteiger partial charge in [0.05, 0.1) is 6.04 Å². The summed E-state index contributed by atoms with van der Waals surface area (Å²) in [6, 6.07) is 5.60. The van der Waals surface area contributed by atoms with Crippen LogP contribution in [0.2, 0.25) is 0 Å². The number of hydrogen-bond donors (Lipinski definition) is 3. The normalized spacial score (nSPS) is 18.6. The Morgan fingerprint density at radius 2 is 2.06 bits per heavy atom. The van der Waals surface area contributed by atoms with E-state index in [1.54, 1.807) is 23.5 Å². The van der Waals surface area contributed by atoms with Crippen molar-refractivity contribution in [3.8, 4) is 11.5 Å². The van der Waals surface area contributed by atoms with Crippen molar-refractivity contribution in [3.63, 3.8) is 0 Å². The lowest BCUT2D eigenvalue weighted by Crippen LogP contribution is -2.30. The highest BCUT2D eigenvalue weighted by Crippen LogP contribution is 2.38. The first-order valence-electron chi connectivity index (χ1n) is 5.99. The molecule has 0 spiro atoms. The van der Waals surface area contributed by atoms with Gasteiger partial charge in [-0.15, -0.1) is 11.3 Å². The summed E-state index contributed by atoms with van der Waals surface area (Å²) in [5.41, 5.74) is 3.45. The number of hydrogen-bond acceptors (Lipinski definition) is 4. The zero-order valence-electron chi connectivity index (χ0n) is 10.1. The fourth-order valence-electron chi connectivity index (χ4n) is 2.50.